The summed E-state index contributed by atoms with van der Waals surface area (Å²) < 4.78 is 19.0. The maximum atomic E-state index is 13.4. The minimum Gasteiger partial charge on any atom is -0.489 e. The first-order valence-electron chi connectivity index (χ1n) is 12.3. The lowest BCUT2D eigenvalue weighted by Crippen LogP contribution is -2.47. The van der Waals surface area contributed by atoms with Gasteiger partial charge in [0.1, 0.15) is 39.9 Å². The van der Waals surface area contributed by atoms with Crippen molar-refractivity contribution in [2.75, 3.05) is 0 Å². The predicted octanol–water partition coefficient (Wildman–Crippen LogP) is 4.66. The molecule has 4 aliphatic rings. The summed E-state index contributed by atoms with van der Waals surface area (Å²) in [5, 5.41) is 22.5. The van der Waals surface area contributed by atoms with Gasteiger partial charge in [0.2, 0.25) is 0 Å². The van der Waals surface area contributed by atoms with Crippen LogP contribution < -0.4 is 14.9 Å². The number of hydrogen-bond acceptors (Lipinski definition) is 6. The first kappa shape index (κ1) is 20.5. The van der Waals surface area contributed by atoms with Crippen molar-refractivity contribution in [3.8, 4) is 11.5 Å². The van der Waals surface area contributed by atoms with Crippen LogP contribution in [0.25, 0.3) is 11.0 Å². The molecule has 1 aromatic heterocycles. The van der Waals surface area contributed by atoms with E-state index in [1.165, 1.54) is 6.07 Å². The SMILES string of the molecule is C[C@@]1(O)CCC[C@@H]2c3c(cc4oc(C5(O)CCCC5)cc(=O)c4c3OC3CCCC3)O[C@@H]21. The molecule has 2 aromatic rings. The Morgan fingerprint density at radius 3 is 2.50 bits per heavy atom. The van der Waals surface area contributed by atoms with E-state index in [0.29, 0.717) is 47.5 Å². The number of fused-ring (bicyclic) bond motifs is 4. The van der Waals surface area contributed by atoms with Crippen molar-refractivity contribution in [2.45, 2.75) is 107 Å². The monoisotopic (exact) mass is 440 g/mol. The molecule has 6 nitrogen and oxygen atoms in total. The van der Waals surface area contributed by atoms with Crippen molar-refractivity contribution in [1.82, 2.24) is 0 Å². The third-order valence-corrected chi connectivity index (χ3v) is 8.25. The largest absolute Gasteiger partial charge is 0.489 e. The van der Waals surface area contributed by atoms with Gasteiger partial charge in [0.05, 0.1) is 11.7 Å². The van der Waals surface area contributed by atoms with Gasteiger partial charge < -0.3 is 24.1 Å². The molecule has 3 aliphatic carbocycles. The number of benzene rings is 1. The van der Waals surface area contributed by atoms with Crippen molar-refractivity contribution in [3.05, 3.63) is 33.7 Å². The van der Waals surface area contributed by atoms with E-state index in [-0.39, 0.29) is 23.6 Å². The molecule has 0 spiro atoms. The molecule has 3 fully saturated rings. The van der Waals surface area contributed by atoms with E-state index in [0.717, 1.165) is 56.9 Å². The van der Waals surface area contributed by atoms with E-state index in [4.69, 9.17) is 13.9 Å². The van der Waals surface area contributed by atoms with Crippen molar-refractivity contribution in [3.63, 3.8) is 0 Å². The molecule has 32 heavy (non-hydrogen) atoms. The molecule has 0 radical (unpaired) electrons. The third-order valence-electron chi connectivity index (χ3n) is 8.25. The Labute approximate surface area is 187 Å². The normalized spacial score (nSPS) is 31.5. The van der Waals surface area contributed by atoms with Crippen LogP contribution in [0.3, 0.4) is 0 Å². The summed E-state index contributed by atoms with van der Waals surface area (Å²) in [7, 11) is 0. The van der Waals surface area contributed by atoms with Gasteiger partial charge in [-0.2, -0.15) is 0 Å². The quantitative estimate of drug-likeness (QED) is 0.722. The Kier molecular flexibility index (Phi) is 4.64. The van der Waals surface area contributed by atoms with Crippen LogP contribution >= 0.6 is 0 Å². The minimum absolute atomic E-state index is 0.00681. The van der Waals surface area contributed by atoms with Gasteiger partial charge in [0.15, 0.2) is 5.43 Å². The molecule has 3 atom stereocenters. The highest BCUT2D eigenvalue weighted by molar-refractivity contribution is 5.88. The average molecular weight is 441 g/mol. The van der Waals surface area contributed by atoms with Gasteiger partial charge in [-0.1, -0.05) is 0 Å². The molecule has 6 rings (SSSR count). The number of aliphatic hydroxyl groups is 2. The van der Waals surface area contributed by atoms with E-state index in [2.05, 4.69) is 0 Å². The van der Waals surface area contributed by atoms with Gasteiger partial charge in [-0.3, -0.25) is 4.79 Å². The van der Waals surface area contributed by atoms with Crippen LogP contribution in [0.2, 0.25) is 0 Å². The number of hydrogen-bond donors (Lipinski definition) is 2. The Hall–Kier alpha value is -2.05. The van der Waals surface area contributed by atoms with Crippen LogP contribution in [0.5, 0.6) is 11.5 Å². The van der Waals surface area contributed by atoms with Crippen LogP contribution in [0.4, 0.5) is 0 Å². The Bertz CT molecular complexity index is 1100. The lowest BCUT2D eigenvalue weighted by Gasteiger charge is -2.37. The second-order valence-electron chi connectivity index (χ2n) is 10.6. The average Bonchev–Trinajstić information content (AvgIpc) is 3.48. The molecule has 2 N–H and O–H groups in total. The maximum absolute atomic E-state index is 13.4. The van der Waals surface area contributed by atoms with Crippen LogP contribution in [0.1, 0.15) is 94.8 Å². The summed E-state index contributed by atoms with van der Waals surface area (Å²) in [6, 6.07) is 3.25. The van der Waals surface area contributed by atoms with Gasteiger partial charge in [-0.25, -0.2) is 0 Å². The summed E-state index contributed by atoms with van der Waals surface area (Å²) in [6.07, 6.45) is 9.43. The summed E-state index contributed by atoms with van der Waals surface area (Å²) in [5.41, 5.74) is -0.882. The molecule has 172 valence electrons. The zero-order valence-electron chi connectivity index (χ0n) is 18.7. The Morgan fingerprint density at radius 1 is 1.00 bits per heavy atom. The topological polar surface area (TPSA) is 89.1 Å². The standard InChI is InChI=1S/C26H32O6/c1-25(28)10-6-9-16-21-18(32-24(16)25)14-19-22(23(21)30-15-7-2-3-8-15)17(27)13-20(31-19)26(29)11-4-5-12-26/h13-16,24,28-29H,2-12H2,1H3/t16-,24+,25-/m1/s1. The number of ether oxygens (including phenoxy) is 2. The Balaban J connectivity index is 1.55. The van der Waals surface area contributed by atoms with E-state index in [1.807, 2.05) is 6.92 Å². The molecule has 3 saturated carbocycles. The summed E-state index contributed by atoms with van der Waals surface area (Å²) >= 11 is 0. The van der Waals surface area contributed by atoms with Gasteiger partial charge >= 0.3 is 0 Å². The van der Waals surface area contributed by atoms with E-state index >= 15 is 0 Å². The lowest BCUT2D eigenvalue weighted by atomic mass is 9.74. The van der Waals surface area contributed by atoms with E-state index in [1.54, 1.807) is 6.07 Å². The summed E-state index contributed by atoms with van der Waals surface area (Å²) in [4.78, 5) is 13.4. The van der Waals surface area contributed by atoms with Crippen LogP contribution in [0, 0.1) is 0 Å². The van der Waals surface area contributed by atoms with Crippen molar-refractivity contribution in [2.24, 2.45) is 0 Å². The maximum Gasteiger partial charge on any atom is 0.196 e. The molecule has 2 heterocycles. The first-order valence-corrected chi connectivity index (χ1v) is 12.3. The third kappa shape index (κ3) is 3.10. The highest BCUT2D eigenvalue weighted by Crippen LogP contribution is 2.54. The minimum atomic E-state index is -1.09. The summed E-state index contributed by atoms with van der Waals surface area (Å²) in [6.45, 7) is 1.84. The fourth-order valence-electron chi connectivity index (χ4n) is 6.51. The highest BCUT2D eigenvalue weighted by atomic mass is 16.5. The second-order valence-corrected chi connectivity index (χ2v) is 10.6. The van der Waals surface area contributed by atoms with Crippen molar-refractivity contribution >= 4 is 11.0 Å². The molecule has 1 aliphatic heterocycles. The Morgan fingerprint density at radius 2 is 1.75 bits per heavy atom. The second kappa shape index (κ2) is 7.22. The molecule has 0 saturated heterocycles. The fraction of sp³-hybridized carbons (Fsp3) is 0.654. The zero-order chi connectivity index (χ0) is 22.1. The van der Waals surface area contributed by atoms with Gasteiger partial charge in [-0.15, -0.1) is 0 Å². The molecular weight excluding hydrogens is 408 g/mol. The predicted molar refractivity (Wildman–Crippen MR) is 119 cm³/mol. The molecule has 6 heteroatoms. The van der Waals surface area contributed by atoms with Crippen molar-refractivity contribution < 1.29 is 24.1 Å². The van der Waals surface area contributed by atoms with Gasteiger partial charge in [0, 0.05) is 23.6 Å². The van der Waals surface area contributed by atoms with Crippen molar-refractivity contribution in [1.29, 1.82) is 0 Å². The molecule has 1 aromatic carbocycles. The van der Waals surface area contributed by atoms with Crippen LogP contribution in [-0.2, 0) is 5.60 Å². The van der Waals surface area contributed by atoms with Crippen LogP contribution in [0.15, 0.2) is 21.3 Å². The van der Waals surface area contributed by atoms with E-state index in [9.17, 15) is 15.0 Å². The van der Waals surface area contributed by atoms with Crippen LogP contribution in [-0.4, -0.2) is 28.0 Å². The zero-order valence-corrected chi connectivity index (χ0v) is 18.7. The smallest absolute Gasteiger partial charge is 0.196 e. The van der Waals surface area contributed by atoms with Gasteiger partial charge in [0.25, 0.3) is 0 Å². The van der Waals surface area contributed by atoms with Gasteiger partial charge in [-0.05, 0) is 77.6 Å². The molecule has 0 bridgehead atoms. The first-order chi connectivity index (χ1) is 15.4. The highest BCUT2D eigenvalue weighted by Gasteiger charge is 2.50. The number of rotatable bonds is 3. The lowest BCUT2D eigenvalue weighted by molar-refractivity contribution is -0.0725. The van der Waals surface area contributed by atoms with E-state index < -0.39 is 11.2 Å². The molecule has 0 amide bonds. The molecule has 0 unspecified atom stereocenters. The molecular formula is C26H32O6. The summed E-state index contributed by atoms with van der Waals surface area (Å²) in [5.74, 6) is 1.55. The fourth-order valence-corrected chi connectivity index (χ4v) is 6.51.